The van der Waals surface area contributed by atoms with Crippen molar-refractivity contribution in [1.29, 1.82) is 5.41 Å². The number of thioether (sulfide) groups is 1. The number of anilines is 1. The number of hydrogen-bond donors (Lipinski definition) is 1. The van der Waals surface area contributed by atoms with Crippen LogP contribution in [-0.2, 0) is 4.79 Å². The normalized spacial score (nSPS) is 17.0. The number of halogens is 1. The molecule has 6 heteroatoms. The summed E-state index contributed by atoms with van der Waals surface area (Å²) in [6, 6.07) is 8.94. The van der Waals surface area contributed by atoms with Gasteiger partial charge >= 0.3 is 0 Å². The van der Waals surface area contributed by atoms with E-state index in [4.69, 9.17) is 17.0 Å². The highest BCUT2D eigenvalue weighted by atomic mass is 35.5. The minimum atomic E-state index is -0.167. The molecule has 0 bridgehead atoms. The lowest BCUT2D eigenvalue weighted by Crippen LogP contribution is -2.27. The van der Waals surface area contributed by atoms with Gasteiger partial charge in [0.1, 0.15) is 0 Å². The number of amides is 1. The molecule has 0 saturated carbocycles. The summed E-state index contributed by atoms with van der Waals surface area (Å²) in [4.78, 5) is 15.5. The van der Waals surface area contributed by atoms with Gasteiger partial charge in [0.15, 0.2) is 5.17 Å². The van der Waals surface area contributed by atoms with E-state index in [-0.39, 0.29) is 11.1 Å². The molecule has 1 saturated heterocycles. The van der Waals surface area contributed by atoms with Crippen molar-refractivity contribution in [2.75, 3.05) is 4.90 Å². The molecule has 106 valence electrons. The van der Waals surface area contributed by atoms with Crippen molar-refractivity contribution >= 4 is 57.5 Å². The molecule has 1 fully saturated rings. The van der Waals surface area contributed by atoms with E-state index in [1.807, 2.05) is 24.4 Å². The Kier molecular flexibility index (Phi) is 3.89. The van der Waals surface area contributed by atoms with Crippen molar-refractivity contribution in [2.45, 2.75) is 6.92 Å². The number of carbonyl (C=O) groups excluding carboxylic acids is 1. The van der Waals surface area contributed by atoms with E-state index in [0.717, 1.165) is 10.4 Å². The van der Waals surface area contributed by atoms with E-state index in [1.54, 1.807) is 35.6 Å². The van der Waals surface area contributed by atoms with E-state index in [0.29, 0.717) is 15.6 Å². The van der Waals surface area contributed by atoms with Gasteiger partial charge in [0.25, 0.3) is 5.91 Å². The van der Waals surface area contributed by atoms with Crippen LogP contribution in [0.4, 0.5) is 5.69 Å². The zero-order valence-corrected chi connectivity index (χ0v) is 13.5. The molecule has 0 spiro atoms. The summed E-state index contributed by atoms with van der Waals surface area (Å²) in [7, 11) is 0. The Morgan fingerprint density at radius 1 is 1.24 bits per heavy atom. The highest BCUT2D eigenvalue weighted by Gasteiger charge is 2.33. The fourth-order valence-electron chi connectivity index (χ4n) is 1.96. The van der Waals surface area contributed by atoms with Crippen LogP contribution in [0.3, 0.4) is 0 Å². The third kappa shape index (κ3) is 2.77. The summed E-state index contributed by atoms with van der Waals surface area (Å²) in [5, 5.41) is 10.8. The molecular weight excluding hydrogens is 324 g/mol. The maximum Gasteiger partial charge on any atom is 0.271 e. The highest BCUT2D eigenvalue weighted by molar-refractivity contribution is 8.19. The monoisotopic (exact) mass is 334 g/mol. The summed E-state index contributed by atoms with van der Waals surface area (Å²) in [5.41, 5.74) is 1.80. The second-order valence-corrected chi connectivity index (χ2v) is 6.92. The molecule has 1 aromatic carbocycles. The first-order chi connectivity index (χ1) is 10.1. The molecule has 0 aliphatic carbocycles. The Morgan fingerprint density at radius 2 is 1.95 bits per heavy atom. The number of carbonyl (C=O) groups is 1. The summed E-state index contributed by atoms with van der Waals surface area (Å²) < 4.78 is 0. The van der Waals surface area contributed by atoms with E-state index in [2.05, 4.69) is 0 Å². The summed E-state index contributed by atoms with van der Waals surface area (Å²) in [6.07, 6.45) is 1.86. The lowest BCUT2D eigenvalue weighted by atomic mass is 10.2. The average molecular weight is 335 g/mol. The Balaban J connectivity index is 1.94. The number of aryl methyl sites for hydroxylation is 1. The topological polar surface area (TPSA) is 44.2 Å². The van der Waals surface area contributed by atoms with E-state index >= 15 is 0 Å². The minimum Gasteiger partial charge on any atom is -0.278 e. The maximum atomic E-state index is 12.5. The summed E-state index contributed by atoms with van der Waals surface area (Å²) >= 11 is 8.63. The molecule has 1 aromatic heterocycles. The van der Waals surface area contributed by atoms with Gasteiger partial charge in [0.05, 0.1) is 10.6 Å². The van der Waals surface area contributed by atoms with Crippen molar-refractivity contribution in [3.05, 3.63) is 56.1 Å². The lowest BCUT2D eigenvalue weighted by molar-refractivity contribution is -0.113. The quantitative estimate of drug-likeness (QED) is 0.804. The van der Waals surface area contributed by atoms with E-state index < -0.39 is 0 Å². The van der Waals surface area contributed by atoms with Crippen LogP contribution in [-0.4, -0.2) is 11.1 Å². The van der Waals surface area contributed by atoms with Gasteiger partial charge in [-0.25, -0.2) is 0 Å². The minimum absolute atomic E-state index is 0.167. The molecule has 1 N–H and O–H groups in total. The molecule has 2 heterocycles. The summed E-state index contributed by atoms with van der Waals surface area (Å²) in [5.74, 6) is -0.167. The van der Waals surface area contributed by atoms with Crippen molar-refractivity contribution < 1.29 is 4.79 Å². The number of amidine groups is 1. The van der Waals surface area contributed by atoms with Crippen LogP contribution < -0.4 is 4.90 Å². The van der Waals surface area contributed by atoms with E-state index in [1.165, 1.54) is 16.7 Å². The van der Waals surface area contributed by atoms with Crippen molar-refractivity contribution in [2.24, 2.45) is 0 Å². The number of hydrogen-bond acceptors (Lipinski definition) is 4. The van der Waals surface area contributed by atoms with Gasteiger partial charge in [0.2, 0.25) is 0 Å². The van der Waals surface area contributed by atoms with Crippen LogP contribution in [0.1, 0.15) is 10.4 Å². The second-order valence-electron chi connectivity index (χ2n) is 4.50. The van der Waals surface area contributed by atoms with Gasteiger partial charge < -0.3 is 0 Å². The number of thiophene rings is 1. The van der Waals surface area contributed by atoms with Crippen LogP contribution in [0.5, 0.6) is 0 Å². The number of rotatable bonds is 2. The number of nitrogens with zero attached hydrogens (tertiary/aromatic N) is 1. The lowest BCUT2D eigenvalue weighted by Gasteiger charge is -2.14. The summed E-state index contributed by atoms with van der Waals surface area (Å²) in [6.45, 7) is 2.01. The standard InChI is InChI=1S/C15H11ClN2OS2/c1-9-6-7-20-12(9)8-13-14(19)18(15(17)21-13)11-4-2-10(16)3-5-11/h2-8,17H,1H3. The molecule has 3 rings (SSSR count). The second kappa shape index (κ2) is 5.67. The van der Waals surface area contributed by atoms with Crippen LogP contribution in [0.2, 0.25) is 5.02 Å². The molecule has 1 amide bonds. The van der Waals surface area contributed by atoms with Crippen LogP contribution in [0.25, 0.3) is 6.08 Å². The van der Waals surface area contributed by atoms with Gasteiger partial charge in [-0.1, -0.05) is 11.6 Å². The Morgan fingerprint density at radius 3 is 2.57 bits per heavy atom. The van der Waals surface area contributed by atoms with Crippen molar-refractivity contribution in [3.63, 3.8) is 0 Å². The molecule has 0 radical (unpaired) electrons. The first-order valence-electron chi connectivity index (χ1n) is 6.18. The predicted molar refractivity (Wildman–Crippen MR) is 91.3 cm³/mol. The fraction of sp³-hybridized carbons (Fsp3) is 0.0667. The van der Waals surface area contributed by atoms with Gasteiger partial charge in [-0.15, -0.1) is 11.3 Å². The third-order valence-electron chi connectivity index (χ3n) is 3.07. The number of nitrogens with one attached hydrogen (secondary N) is 1. The predicted octanol–water partition coefficient (Wildman–Crippen LogP) is 4.77. The Hall–Kier alpha value is -1.56. The van der Waals surface area contributed by atoms with Crippen molar-refractivity contribution in [1.82, 2.24) is 0 Å². The smallest absolute Gasteiger partial charge is 0.271 e. The molecule has 21 heavy (non-hydrogen) atoms. The third-order valence-corrected chi connectivity index (χ3v) is 5.18. The zero-order valence-electron chi connectivity index (χ0n) is 11.1. The van der Waals surface area contributed by atoms with Gasteiger partial charge in [-0.05, 0) is 66.0 Å². The molecule has 2 aromatic rings. The van der Waals surface area contributed by atoms with Gasteiger partial charge in [-0.2, -0.15) is 0 Å². The van der Waals surface area contributed by atoms with Crippen molar-refractivity contribution in [3.8, 4) is 0 Å². The number of benzene rings is 1. The molecule has 1 aliphatic heterocycles. The first kappa shape index (κ1) is 14.4. The first-order valence-corrected chi connectivity index (χ1v) is 8.26. The largest absolute Gasteiger partial charge is 0.278 e. The Labute approximate surface area is 135 Å². The molecule has 3 nitrogen and oxygen atoms in total. The molecule has 0 atom stereocenters. The fourth-order valence-corrected chi connectivity index (χ4v) is 3.87. The van der Waals surface area contributed by atoms with Crippen LogP contribution in [0.15, 0.2) is 40.6 Å². The molecular formula is C15H11ClN2OS2. The molecule has 1 aliphatic rings. The van der Waals surface area contributed by atoms with Crippen LogP contribution >= 0.6 is 34.7 Å². The zero-order chi connectivity index (χ0) is 15.0. The maximum absolute atomic E-state index is 12.5. The average Bonchev–Trinajstić information content (AvgIpc) is 2.97. The van der Waals surface area contributed by atoms with Crippen LogP contribution in [0, 0.1) is 12.3 Å². The Bertz CT molecular complexity index is 749. The molecule has 0 unspecified atom stereocenters. The van der Waals surface area contributed by atoms with Gasteiger partial charge in [0, 0.05) is 9.90 Å². The highest BCUT2D eigenvalue weighted by Crippen LogP contribution is 2.36. The van der Waals surface area contributed by atoms with Gasteiger partial charge in [-0.3, -0.25) is 15.1 Å². The van der Waals surface area contributed by atoms with E-state index in [9.17, 15) is 4.79 Å². The SMILES string of the molecule is Cc1ccsc1C=C1SC(=N)N(c2ccc(Cl)cc2)C1=O.